The average molecular weight is 365 g/mol. The topological polar surface area (TPSA) is 33.5 Å². The van der Waals surface area contributed by atoms with Crippen LogP contribution in [0.3, 0.4) is 0 Å². The highest BCUT2D eigenvalue weighted by molar-refractivity contribution is 7.10. The first-order valence-electron chi connectivity index (χ1n) is 9.59. The summed E-state index contributed by atoms with van der Waals surface area (Å²) in [5.74, 6) is 0.779. The van der Waals surface area contributed by atoms with Gasteiger partial charge >= 0.3 is 5.63 Å². The monoisotopic (exact) mass is 365 g/mol. The van der Waals surface area contributed by atoms with Crippen LogP contribution in [-0.2, 0) is 19.4 Å². The number of hydrogen-bond donors (Lipinski definition) is 0. The van der Waals surface area contributed by atoms with Crippen LogP contribution in [-0.4, -0.2) is 11.4 Å². The number of nitrogens with zero attached hydrogens (tertiary/aromatic N) is 1. The fourth-order valence-corrected chi connectivity index (χ4v) is 5.30. The van der Waals surface area contributed by atoms with Gasteiger partial charge in [-0.15, -0.1) is 11.3 Å². The second-order valence-corrected chi connectivity index (χ2v) is 8.58. The minimum atomic E-state index is -0.239. The Balaban J connectivity index is 1.54. The van der Waals surface area contributed by atoms with Crippen LogP contribution in [0.5, 0.6) is 0 Å². The van der Waals surface area contributed by atoms with Crippen molar-refractivity contribution < 1.29 is 4.42 Å². The van der Waals surface area contributed by atoms with Crippen LogP contribution in [0, 0.1) is 5.92 Å². The Morgan fingerprint density at radius 1 is 1.23 bits per heavy atom. The maximum Gasteiger partial charge on any atom is 0.336 e. The summed E-state index contributed by atoms with van der Waals surface area (Å²) >= 11 is 1.90. The van der Waals surface area contributed by atoms with E-state index >= 15 is 0 Å². The van der Waals surface area contributed by atoms with E-state index in [1.54, 1.807) is 10.9 Å². The zero-order chi connectivity index (χ0) is 17.7. The summed E-state index contributed by atoms with van der Waals surface area (Å²) in [5.41, 5.74) is 4.32. The van der Waals surface area contributed by atoms with Crippen molar-refractivity contribution in [3.8, 4) is 0 Å². The molecule has 0 bridgehead atoms. The zero-order valence-corrected chi connectivity index (χ0v) is 15.8. The molecule has 1 aliphatic carbocycles. The second kappa shape index (κ2) is 6.36. The lowest BCUT2D eigenvalue weighted by Gasteiger charge is -2.36. The molecule has 0 spiro atoms. The van der Waals surface area contributed by atoms with Crippen molar-refractivity contribution in [2.75, 3.05) is 6.54 Å². The molecule has 134 valence electrons. The molecule has 0 N–H and O–H groups in total. The molecule has 3 aromatic rings. The largest absolute Gasteiger partial charge is 0.423 e. The molecule has 0 unspecified atom stereocenters. The van der Waals surface area contributed by atoms with E-state index < -0.39 is 0 Å². The highest BCUT2D eigenvalue weighted by Gasteiger charge is 2.39. The summed E-state index contributed by atoms with van der Waals surface area (Å²) in [4.78, 5) is 16.3. The van der Waals surface area contributed by atoms with Crippen LogP contribution in [0.15, 0.2) is 44.9 Å². The third kappa shape index (κ3) is 2.81. The molecule has 1 atom stereocenters. The average Bonchev–Trinajstić information content (AvgIpc) is 3.36. The van der Waals surface area contributed by atoms with E-state index in [0.29, 0.717) is 6.04 Å². The minimum Gasteiger partial charge on any atom is -0.423 e. The smallest absolute Gasteiger partial charge is 0.336 e. The molecule has 2 aromatic heterocycles. The number of hydrogen-bond acceptors (Lipinski definition) is 4. The molecule has 0 saturated heterocycles. The number of rotatable bonds is 4. The highest BCUT2D eigenvalue weighted by Crippen LogP contribution is 2.48. The van der Waals surface area contributed by atoms with Crippen LogP contribution in [0.25, 0.3) is 11.0 Å². The standard InChI is InChI=1S/C22H23NO2S/c1-2-14-3-6-17-16(12-21(24)25-19(17)11-14)13-23-9-7-20-18(8-10-26-20)22(23)15-4-5-15/h3,6,8,10-12,15,22H,2,4-5,7,9,13H2,1H3/t22-/m1/s1. The highest BCUT2D eigenvalue weighted by atomic mass is 32.1. The summed E-state index contributed by atoms with van der Waals surface area (Å²) in [6.07, 6.45) is 4.72. The molecule has 3 heterocycles. The predicted octanol–water partition coefficient (Wildman–Crippen LogP) is 4.93. The van der Waals surface area contributed by atoms with Gasteiger partial charge in [0.25, 0.3) is 0 Å². The van der Waals surface area contributed by atoms with Crippen LogP contribution in [0.4, 0.5) is 0 Å². The van der Waals surface area contributed by atoms with E-state index in [1.807, 2.05) is 17.4 Å². The van der Waals surface area contributed by atoms with Crippen molar-refractivity contribution in [2.45, 2.75) is 45.2 Å². The van der Waals surface area contributed by atoms with Gasteiger partial charge in [-0.2, -0.15) is 0 Å². The Morgan fingerprint density at radius 3 is 2.92 bits per heavy atom. The fourth-order valence-electron chi connectivity index (χ4n) is 4.38. The van der Waals surface area contributed by atoms with Crippen LogP contribution in [0.2, 0.25) is 0 Å². The quantitative estimate of drug-likeness (QED) is 0.615. The number of benzene rings is 1. The summed E-state index contributed by atoms with van der Waals surface area (Å²) in [7, 11) is 0. The Kier molecular flexibility index (Phi) is 3.98. The van der Waals surface area contributed by atoms with Crippen LogP contribution < -0.4 is 5.63 Å². The Bertz CT molecular complexity index is 1010. The molecule has 4 heteroatoms. The number of aryl methyl sites for hydroxylation is 1. The van der Waals surface area contributed by atoms with Crippen molar-refractivity contribution in [2.24, 2.45) is 5.92 Å². The molecule has 2 aliphatic rings. The Labute approximate surface area is 157 Å². The molecule has 1 fully saturated rings. The molecule has 0 amide bonds. The number of fused-ring (bicyclic) bond motifs is 2. The summed E-state index contributed by atoms with van der Waals surface area (Å²) in [5, 5.41) is 3.31. The van der Waals surface area contributed by atoms with Crippen molar-refractivity contribution in [1.29, 1.82) is 0 Å². The predicted molar refractivity (Wildman–Crippen MR) is 106 cm³/mol. The minimum absolute atomic E-state index is 0.239. The third-order valence-electron chi connectivity index (χ3n) is 5.86. The normalized spacial score (nSPS) is 20.4. The summed E-state index contributed by atoms with van der Waals surface area (Å²) in [6.45, 7) is 4.02. The van der Waals surface area contributed by atoms with Gasteiger partial charge in [-0.05, 0) is 65.8 Å². The number of thiophene rings is 1. The maximum absolute atomic E-state index is 12.1. The van der Waals surface area contributed by atoms with Gasteiger partial charge in [0.1, 0.15) is 5.58 Å². The van der Waals surface area contributed by atoms with Crippen molar-refractivity contribution >= 4 is 22.3 Å². The molecule has 1 aromatic carbocycles. The molecule has 5 rings (SSSR count). The van der Waals surface area contributed by atoms with E-state index in [0.717, 1.165) is 48.4 Å². The lowest BCUT2D eigenvalue weighted by Crippen LogP contribution is -2.35. The molecule has 1 aliphatic heterocycles. The SMILES string of the molecule is CCc1ccc2c(CN3CCc4sccc4[C@H]3C3CC3)cc(=O)oc2c1. The fraction of sp³-hybridized carbons (Fsp3) is 0.409. The molecule has 3 nitrogen and oxygen atoms in total. The van der Waals surface area contributed by atoms with Gasteiger partial charge in [0, 0.05) is 35.5 Å². The zero-order valence-electron chi connectivity index (χ0n) is 15.0. The van der Waals surface area contributed by atoms with Gasteiger partial charge in [0.05, 0.1) is 0 Å². The van der Waals surface area contributed by atoms with E-state index in [2.05, 4.69) is 35.4 Å². The van der Waals surface area contributed by atoms with Gasteiger partial charge in [-0.25, -0.2) is 4.79 Å². The summed E-state index contributed by atoms with van der Waals surface area (Å²) in [6, 6.07) is 10.8. The van der Waals surface area contributed by atoms with Gasteiger partial charge in [0.15, 0.2) is 0 Å². The van der Waals surface area contributed by atoms with Crippen LogP contribution in [0.1, 0.15) is 47.4 Å². The molecular weight excluding hydrogens is 342 g/mol. The third-order valence-corrected chi connectivity index (χ3v) is 6.86. The first-order chi connectivity index (χ1) is 12.7. The second-order valence-electron chi connectivity index (χ2n) is 7.58. The van der Waals surface area contributed by atoms with Gasteiger partial charge in [-0.1, -0.05) is 19.1 Å². The van der Waals surface area contributed by atoms with Crippen molar-refractivity contribution in [3.63, 3.8) is 0 Å². The molecule has 26 heavy (non-hydrogen) atoms. The van der Waals surface area contributed by atoms with E-state index in [1.165, 1.54) is 24.0 Å². The van der Waals surface area contributed by atoms with Crippen molar-refractivity contribution in [3.05, 3.63) is 67.7 Å². The van der Waals surface area contributed by atoms with Gasteiger partial charge in [-0.3, -0.25) is 4.90 Å². The first-order valence-corrected chi connectivity index (χ1v) is 10.5. The Hall–Kier alpha value is -1.91. The van der Waals surface area contributed by atoms with E-state index in [9.17, 15) is 4.79 Å². The lowest BCUT2D eigenvalue weighted by atomic mass is 9.95. The lowest BCUT2D eigenvalue weighted by molar-refractivity contribution is 0.158. The van der Waals surface area contributed by atoms with Gasteiger partial charge < -0.3 is 4.42 Å². The maximum atomic E-state index is 12.1. The molecule has 1 saturated carbocycles. The molecular formula is C22H23NO2S. The van der Waals surface area contributed by atoms with E-state index in [-0.39, 0.29) is 5.63 Å². The van der Waals surface area contributed by atoms with E-state index in [4.69, 9.17) is 4.42 Å². The molecule has 0 radical (unpaired) electrons. The summed E-state index contributed by atoms with van der Waals surface area (Å²) < 4.78 is 5.49. The van der Waals surface area contributed by atoms with Crippen LogP contribution >= 0.6 is 11.3 Å². The van der Waals surface area contributed by atoms with Crippen molar-refractivity contribution in [1.82, 2.24) is 4.90 Å². The first kappa shape index (κ1) is 16.3. The van der Waals surface area contributed by atoms with Gasteiger partial charge in [0.2, 0.25) is 0 Å². The Morgan fingerprint density at radius 2 is 2.12 bits per heavy atom.